The lowest BCUT2D eigenvalue weighted by molar-refractivity contribution is -0.119. The van der Waals surface area contributed by atoms with E-state index in [1.165, 1.54) is 24.3 Å². The number of rotatable bonds is 12. The number of benzene rings is 3. The normalized spacial score (nSPS) is 11.1. The van der Waals surface area contributed by atoms with Crippen molar-refractivity contribution in [3.63, 3.8) is 0 Å². The molecule has 0 saturated carbocycles. The number of carbonyl (C=O) groups excluding carboxylic acids is 1. The number of hydrogen-bond donors (Lipinski definition) is 1. The highest BCUT2D eigenvalue weighted by Crippen LogP contribution is 2.32. The van der Waals surface area contributed by atoms with Gasteiger partial charge in [-0.3, -0.25) is 9.10 Å². The van der Waals surface area contributed by atoms with Crippen molar-refractivity contribution in [3.05, 3.63) is 83.4 Å². The van der Waals surface area contributed by atoms with E-state index in [2.05, 4.69) is 24.1 Å². The molecule has 0 saturated heterocycles. The monoisotopic (exact) mass is 529 g/mol. The minimum Gasteiger partial charge on any atom is -0.492 e. The van der Waals surface area contributed by atoms with Crippen molar-refractivity contribution in [1.29, 1.82) is 0 Å². The molecule has 7 nitrogen and oxygen atoms in total. The lowest BCUT2D eigenvalue weighted by atomic mass is 10.2. The average Bonchev–Trinajstić information content (AvgIpc) is 2.88. The van der Waals surface area contributed by atoms with Crippen LogP contribution in [0.4, 0.5) is 11.4 Å². The SMILES string of the molecule is CCOc1ccccc1N(CC(=O)NCc1ccc(N(CC)CC)cc1)S(=O)(=O)c1ccc(Cl)cc1. The number of amides is 1. The smallest absolute Gasteiger partial charge is 0.264 e. The summed E-state index contributed by atoms with van der Waals surface area (Å²) in [5, 5.41) is 3.26. The maximum atomic E-state index is 13.6. The third kappa shape index (κ3) is 6.71. The van der Waals surface area contributed by atoms with E-state index >= 15 is 0 Å². The van der Waals surface area contributed by atoms with E-state index in [4.69, 9.17) is 16.3 Å². The second-order valence-corrected chi connectivity index (χ2v) is 10.3. The molecule has 0 bridgehead atoms. The van der Waals surface area contributed by atoms with Crippen molar-refractivity contribution in [2.45, 2.75) is 32.2 Å². The highest BCUT2D eigenvalue weighted by molar-refractivity contribution is 7.92. The minimum atomic E-state index is -4.08. The standard InChI is InChI=1S/C27H32ClN3O4S/c1-4-30(5-2)23-15-11-21(12-16-23)19-29-27(32)20-31(25-9-7-8-10-26(25)35-6-3)36(33,34)24-17-13-22(28)14-18-24/h7-18H,4-6,19-20H2,1-3H3,(H,29,32). The summed E-state index contributed by atoms with van der Waals surface area (Å²) in [6, 6.07) is 20.6. The van der Waals surface area contributed by atoms with Crippen molar-refractivity contribution in [1.82, 2.24) is 5.32 Å². The first-order chi connectivity index (χ1) is 17.3. The predicted molar refractivity (Wildman–Crippen MR) is 145 cm³/mol. The van der Waals surface area contributed by atoms with E-state index in [1.807, 2.05) is 31.2 Å². The Bertz CT molecular complexity index is 1240. The summed E-state index contributed by atoms with van der Waals surface area (Å²) < 4.78 is 34.0. The number of carbonyl (C=O) groups is 1. The van der Waals surface area contributed by atoms with E-state index < -0.39 is 22.5 Å². The molecule has 9 heteroatoms. The third-order valence-electron chi connectivity index (χ3n) is 5.68. The maximum Gasteiger partial charge on any atom is 0.264 e. The van der Waals surface area contributed by atoms with Crippen LogP contribution in [-0.4, -0.2) is 40.6 Å². The number of para-hydroxylation sites is 2. The third-order valence-corrected chi connectivity index (χ3v) is 7.70. The number of ether oxygens (including phenoxy) is 1. The molecule has 0 aliphatic carbocycles. The molecule has 192 valence electrons. The average molecular weight is 530 g/mol. The minimum absolute atomic E-state index is 0.0259. The Morgan fingerprint density at radius 2 is 1.56 bits per heavy atom. The van der Waals surface area contributed by atoms with Crippen LogP contribution in [0.25, 0.3) is 0 Å². The number of halogens is 1. The second-order valence-electron chi connectivity index (χ2n) is 7.98. The molecule has 1 amide bonds. The zero-order valence-electron chi connectivity index (χ0n) is 20.8. The molecule has 0 aliphatic heterocycles. The number of hydrogen-bond acceptors (Lipinski definition) is 5. The fourth-order valence-electron chi connectivity index (χ4n) is 3.77. The van der Waals surface area contributed by atoms with Crippen LogP contribution in [0.1, 0.15) is 26.3 Å². The Balaban J connectivity index is 1.83. The molecule has 0 aromatic heterocycles. The van der Waals surface area contributed by atoms with Gasteiger partial charge >= 0.3 is 0 Å². The van der Waals surface area contributed by atoms with Gasteiger partial charge < -0.3 is 15.0 Å². The summed E-state index contributed by atoms with van der Waals surface area (Å²) >= 11 is 5.96. The van der Waals surface area contributed by atoms with Gasteiger partial charge in [0.15, 0.2) is 0 Å². The van der Waals surface area contributed by atoms with Gasteiger partial charge in [-0.25, -0.2) is 8.42 Å². The molecule has 0 aliphatic rings. The topological polar surface area (TPSA) is 79.0 Å². The fraction of sp³-hybridized carbons (Fsp3) is 0.296. The van der Waals surface area contributed by atoms with E-state index in [0.717, 1.165) is 28.6 Å². The van der Waals surface area contributed by atoms with Crippen LogP contribution >= 0.6 is 11.6 Å². The van der Waals surface area contributed by atoms with Crippen molar-refractivity contribution >= 4 is 38.9 Å². The van der Waals surface area contributed by atoms with Gasteiger partial charge in [0.1, 0.15) is 12.3 Å². The Morgan fingerprint density at radius 3 is 2.17 bits per heavy atom. The molecule has 3 aromatic carbocycles. The van der Waals surface area contributed by atoms with Crippen molar-refractivity contribution in [3.8, 4) is 5.75 Å². The van der Waals surface area contributed by atoms with Crippen LogP contribution in [0.2, 0.25) is 5.02 Å². The summed E-state index contributed by atoms with van der Waals surface area (Å²) in [6.07, 6.45) is 0. The second kappa shape index (κ2) is 12.6. The fourth-order valence-corrected chi connectivity index (χ4v) is 5.33. The Kier molecular flexibility index (Phi) is 9.61. The lowest BCUT2D eigenvalue weighted by Crippen LogP contribution is -2.40. The summed E-state index contributed by atoms with van der Waals surface area (Å²) in [5.41, 5.74) is 2.32. The first-order valence-corrected chi connectivity index (χ1v) is 13.7. The first-order valence-electron chi connectivity index (χ1n) is 11.9. The van der Waals surface area contributed by atoms with Gasteiger partial charge in [-0.2, -0.15) is 0 Å². The van der Waals surface area contributed by atoms with Crippen LogP contribution in [0.15, 0.2) is 77.7 Å². The molecule has 0 unspecified atom stereocenters. The van der Waals surface area contributed by atoms with Crippen LogP contribution in [0, 0.1) is 0 Å². The Hall–Kier alpha value is -3.23. The van der Waals surface area contributed by atoms with Gasteiger partial charge in [0.25, 0.3) is 10.0 Å². The highest BCUT2D eigenvalue weighted by atomic mass is 35.5. The van der Waals surface area contributed by atoms with Gasteiger partial charge in [0, 0.05) is 30.3 Å². The molecule has 0 atom stereocenters. The van der Waals surface area contributed by atoms with Crippen molar-refractivity contribution < 1.29 is 17.9 Å². The van der Waals surface area contributed by atoms with Gasteiger partial charge in [-0.1, -0.05) is 35.9 Å². The van der Waals surface area contributed by atoms with Crippen LogP contribution < -0.4 is 19.3 Å². The van der Waals surface area contributed by atoms with E-state index in [1.54, 1.807) is 24.3 Å². The molecular weight excluding hydrogens is 498 g/mol. The molecule has 3 aromatic rings. The maximum absolute atomic E-state index is 13.6. The van der Waals surface area contributed by atoms with Crippen LogP contribution in [-0.2, 0) is 21.4 Å². The van der Waals surface area contributed by atoms with Gasteiger partial charge in [-0.15, -0.1) is 0 Å². The molecule has 3 rings (SSSR count). The number of sulfonamides is 1. The van der Waals surface area contributed by atoms with Gasteiger partial charge in [-0.05, 0) is 74.9 Å². The lowest BCUT2D eigenvalue weighted by Gasteiger charge is -2.26. The van der Waals surface area contributed by atoms with Crippen LogP contribution in [0.5, 0.6) is 5.75 Å². The molecule has 1 N–H and O–H groups in total. The quantitative estimate of drug-likeness (QED) is 0.353. The molecular formula is C27H32ClN3O4S. The highest BCUT2D eigenvalue weighted by Gasteiger charge is 2.29. The van der Waals surface area contributed by atoms with Crippen molar-refractivity contribution in [2.24, 2.45) is 0 Å². The van der Waals surface area contributed by atoms with E-state index in [0.29, 0.717) is 17.4 Å². The van der Waals surface area contributed by atoms with E-state index in [-0.39, 0.29) is 17.1 Å². The molecule has 0 heterocycles. The molecule has 36 heavy (non-hydrogen) atoms. The Morgan fingerprint density at radius 1 is 0.917 bits per heavy atom. The summed E-state index contributed by atoms with van der Waals surface area (Å²) in [6.45, 7) is 8.05. The summed E-state index contributed by atoms with van der Waals surface area (Å²) in [4.78, 5) is 15.2. The van der Waals surface area contributed by atoms with Crippen LogP contribution in [0.3, 0.4) is 0 Å². The van der Waals surface area contributed by atoms with Gasteiger partial charge in [0.2, 0.25) is 5.91 Å². The summed E-state index contributed by atoms with van der Waals surface area (Å²) in [7, 11) is -4.08. The first kappa shape index (κ1) is 27.4. The van der Waals surface area contributed by atoms with E-state index in [9.17, 15) is 13.2 Å². The molecule has 0 radical (unpaired) electrons. The zero-order chi connectivity index (χ0) is 26.1. The van der Waals surface area contributed by atoms with Crippen molar-refractivity contribution in [2.75, 3.05) is 35.4 Å². The predicted octanol–water partition coefficient (Wildman–Crippen LogP) is 5.10. The molecule has 0 spiro atoms. The zero-order valence-corrected chi connectivity index (χ0v) is 22.3. The number of nitrogens with zero attached hydrogens (tertiary/aromatic N) is 2. The largest absolute Gasteiger partial charge is 0.492 e. The summed E-state index contributed by atoms with van der Waals surface area (Å²) in [5.74, 6) is -0.0658. The Labute approximate surface area is 218 Å². The number of nitrogens with one attached hydrogen (secondary N) is 1. The molecule has 0 fully saturated rings. The van der Waals surface area contributed by atoms with Gasteiger partial charge in [0.05, 0.1) is 17.2 Å². The number of anilines is 2.